The molecule has 158 valence electrons. The van der Waals surface area contributed by atoms with Gasteiger partial charge in [0.15, 0.2) is 0 Å². The minimum Gasteiger partial charge on any atom is -0.370 e. The molecule has 0 spiro atoms. The number of hydrogen-bond donors (Lipinski definition) is 0. The molecule has 0 radical (unpaired) electrons. The average Bonchev–Trinajstić information content (AvgIpc) is 3.06. The van der Waals surface area contributed by atoms with Crippen LogP contribution in [0.2, 0.25) is 0 Å². The number of rotatable bonds is 4. The highest BCUT2D eigenvalue weighted by Crippen LogP contribution is 2.55. The molecule has 28 heavy (non-hydrogen) atoms. The van der Waals surface area contributed by atoms with E-state index in [1.807, 2.05) is 11.1 Å². The van der Waals surface area contributed by atoms with E-state index in [9.17, 15) is 0 Å². The lowest BCUT2D eigenvalue weighted by Crippen LogP contribution is -2.53. The Morgan fingerprint density at radius 2 is 1.29 bits per heavy atom. The van der Waals surface area contributed by atoms with Crippen LogP contribution in [0.25, 0.3) is 0 Å². The summed E-state index contributed by atoms with van der Waals surface area (Å²) in [6.07, 6.45) is 13.3. The second kappa shape index (κ2) is 7.71. The highest BCUT2D eigenvalue weighted by atomic mass is 16.5. The summed E-state index contributed by atoms with van der Waals surface area (Å²) in [4.78, 5) is 0. The first-order chi connectivity index (χ1) is 13.6. The third-order valence-electron chi connectivity index (χ3n) is 9.56. The van der Waals surface area contributed by atoms with Crippen LogP contribution in [-0.4, -0.2) is 75.5 Å². The number of likely N-dealkylation sites (N-methyl/N-ethyl adjacent to an activating group) is 1. The van der Waals surface area contributed by atoms with Gasteiger partial charge >= 0.3 is 0 Å². The largest absolute Gasteiger partial charge is 0.370 e. The molecule has 3 aliphatic carbocycles. The minimum absolute atomic E-state index is 0.966. The summed E-state index contributed by atoms with van der Waals surface area (Å²) in [5.74, 6) is 3.99. The Morgan fingerprint density at radius 3 is 1.86 bits per heavy atom. The predicted octanol–water partition coefficient (Wildman–Crippen LogP) is 4.24. The maximum absolute atomic E-state index is 5.61. The summed E-state index contributed by atoms with van der Waals surface area (Å²) in [5.41, 5.74) is 3.99. The number of morpholine rings is 1. The second-order valence-electron chi connectivity index (χ2n) is 11.5. The number of nitrogens with zero attached hydrogens (tertiary/aromatic N) is 2. The number of hydrogen-bond acceptors (Lipinski definition) is 1. The molecule has 0 aromatic heterocycles. The first-order valence-corrected chi connectivity index (χ1v) is 12.5. The van der Waals surface area contributed by atoms with Gasteiger partial charge in [0.05, 0.1) is 53.5 Å². The van der Waals surface area contributed by atoms with Crippen LogP contribution < -0.4 is 0 Å². The van der Waals surface area contributed by atoms with E-state index in [-0.39, 0.29) is 0 Å². The van der Waals surface area contributed by atoms with E-state index >= 15 is 0 Å². The zero-order valence-corrected chi connectivity index (χ0v) is 18.6. The summed E-state index contributed by atoms with van der Waals surface area (Å²) >= 11 is 0. The molecule has 5 rings (SSSR count). The Hall–Kier alpha value is -0.380. The molecular formula is C25H44N2O+2. The maximum Gasteiger partial charge on any atom is 0.102 e. The van der Waals surface area contributed by atoms with Crippen molar-refractivity contribution in [2.24, 2.45) is 23.7 Å². The topological polar surface area (TPSA) is 9.23 Å². The van der Waals surface area contributed by atoms with Crippen molar-refractivity contribution < 1.29 is 13.7 Å². The van der Waals surface area contributed by atoms with Gasteiger partial charge in [-0.3, -0.25) is 0 Å². The quantitative estimate of drug-likeness (QED) is 0.517. The van der Waals surface area contributed by atoms with Crippen LogP contribution >= 0.6 is 0 Å². The maximum atomic E-state index is 5.61. The molecule has 0 aromatic rings. The number of fused-ring (bicyclic) bond motifs is 5. The predicted molar refractivity (Wildman–Crippen MR) is 115 cm³/mol. The normalized spacial score (nSPS) is 42.6. The molecule has 0 aromatic carbocycles. The Morgan fingerprint density at radius 1 is 0.750 bits per heavy atom. The first kappa shape index (κ1) is 19.6. The van der Waals surface area contributed by atoms with Crippen molar-refractivity contribution in [2.45, 2.75) is 57.8 Å². The van der Waals surface area contributed by atoms with Gasteiger partial charge in [0, 0.05) is 18.3 Å². The molecule has 2 heterocycles. The molecule has 1 unspecified atom stereocenters. The molecular weight excluding hydrogens is 344 g/mol. The van der Waals surface area contributed by atoms with Gasteiger partial charge in [-0.2, -0.15) is 0 Å². The third kappa shape index (κ3) is 3.61. The fourth-order valence-corrected chi connectivity index (χ4v) is 8.06. The molecule has 3 heteroatoms. The standard InChI is InChI=1S/C25H44N2O/c1-26(14-16-28-17-15-26)12-7-13-27(2)18-24-22-10-5-3-8-20(22)21-9-4-6-11-23(21)25(24)19-27/h22-25H,3-19H2,1-2H3/q+2/t22-,23+,24-,25+,27?. The number of likely N-dealkylation sites (tertiary alicyclic amines) is 1. The molecule has 2 saturated carbocycles. The van der Waals surface area contributed by atoms with Crippen molar-refractivity contribution in [1.29, 1.82) is 0 Å². The van der Waals surface area contributed by atoms with Gasteiger partial charge in [0.1, 0.15) is 13.1 Å². The highest BCUT2D eigenvalue weighted by molar-refractivity contribution is 5.28. The Balaban J connectivity index is 1.27. The molecule has 4 fully saturated rings. The van der Waals surface area contributed by atoms with Gasteiger partial charge in [0.25, 0.3) is 0 Å². The van der Waals surface area contributed by atoms with E-state index < -0.39 is 0 Å². The van der Waals surface area contributed by atoms with Crippen LogP contribution in [0.15, 0.2) is 11.1 Å². The van der Waals surface area contributed by atoms with E-state index in [2.05, 4.69) is 14.1 Å². The smallest absolute Gasteiger partial charge is 0.102 e. The van der Waals surface area contributed by atoms with Crippen molar-refractivity contribution in [1.82, 2.24) is 0 Å². The lowest BCUT2D eigenvalue weighted by molar-refractivity contribution is -0.928. The lowest BCUT2D eigenvalue weighted by Gasteiger charge is -2.45. The molecule has 5 aliphatic rings. The van der Waals surface area contributed by atoms with Crippen LogP contribution in [0.3, 0.4) is 0 Å². The van der Waals surface area contributed by atoms with Crippen LogP contribution in [-0.2, 0) is 4.74 Å². The summed E-state index contributed by atoms with van der Waals surface area (Å²) in [5, 5.41) is 0. The van der Waals surface area contributed by atoms with Gasteiger partial charge in [-0.25, -0.2) is 0 Å². The Kier molecular flexibility index (Phi) is 5.39. The lowest BCUT2D eigenvalue weighted by atomic mass is 9.58. The van der Waals surface area contributed by atoms with E-state index in [0.29, 0.717) is 0 Å². The van der Waals surface area contributed by atoms with Crippen LogP contribution in [0, 0.1) is 23.7 Å². The molecule has 2 saturated heterocycles. The highest BCUT2D eigenvalue weighted by Gasteiger charge is 2.54. The molecule has 2 aliphatic heterocycles. The summed E-state index contributed by atoms with van der Waals surface area (Å²) in [6, 6.07) is 0. The van der Waals surface area contributed by atoms with Gasteiger partial charge in [-0.15, -0.1) is 0 Å². The van der Waals surface area contributed by atoms with Crippen molar-refractivity contribution in [3.05, 3.63) is 11.1 Å². The second-order valence-corrected chi connectivity index (χ2v) is 11.5. The molecule has 0 bridgehead atoms. The minimum atomic E-state index is 0.966. The monoisotopic (exact) mass is 388 g/mol. The Bertz CT molecular complexity index is 572. The zero-order valence-electron chi connectivity index (χ0n) is 18.6. The third-order valence-corrected chi connectivity index (χ3v) is 9.56. The molecule has 3 nitrogen and oxygen atoms in total. The van der Waals surface area contributed by atoms with Crippen molar-refractivity contribution >= 4 is 0 Å². The Labute approximate surface area is 173 Å². The van der Waals surface area contributed by atoms with E-state index in [1.54, 1.807) is 0 Å². The van der Waals surface area contributed by atoms with Gasteiger partial charge in [-0.05, 0) is 50.4 Å². The molecule has 0 amide bonds. The fourth-order valence-electron chi connectivity index (χ4n) is 8.06. The van der Waals surface area contributed by atoms with Crippen LogP contribution in [0.4, 0.5) is 0 Å². The van der Waals surface area contributed by atoms with Crippen molar-refractivity contribution in [3.63, 3.8) is 0 Å². The summed E-state index contributed by atoms with van der Waals surface area (Å²) in [6.45, 7) is 10.1. The van der Waals surface area contributed by atoms with E-state index in [4.69, 9.17) is 4.74 Å². The van der Waals surface area contributed by atoms with E-state index in [1.165, 1.54) is 106 Å². The molecule has 0 N–H and O–H groups in total. The van der Waals surface area contributed by atoms with Crippen LogP contribution in [0.5, 0.6) is 0 Å². The average molecular weight is 389 g/mol. The summed E-state index contributed by atoms with van der Waals surface area (Å²) < 4.78 is 8.22. The van der Waals surface area contributed by atoms with Gasteiger partial charge < -0.3 is 13.7 Å². The van der Waals surface area contributed by atoms with E-state index in [0.717, 1.165) is 36.9 Å². The van der Waals surface area contributed by atoms with Crippen LogP contribution in [0.1, 0.15) is 57.8 Å². The van der Waals surface area contributed by atoms with Gasteiger partial charge in [-0.1, -0.05) is 24.0 Å². The number of quaternary nitrogens is 2. The fraction of sp³-hybridized carbons (Fsp3) is 0.920. The first-order valence-electron chi connectivity index (χ1n) is 12.5. The number of ether oxygens (including phenoxy) is 1. The zero-order chi connectivity index (χ0) is 19.2. The molecule has 5 atom stereocenters. The van der Waals surface area contributed by atoms with Crippen molar-refractivity contribution in [2.75, 3.05) is 66.6 Å². The number of allylic oxidation sites excluding steroid dienone is 2. The summed E-state index contributed by atoms with van der Waals surface area (Å²) in [7, 11) is 5.07. The van der Waals surface area contributed by atoms with Gasteiger partial charge in [0.2, 0.25) is 0 Å². The van der Waals surface area contributed by atoms with Crippen molar-refractivity contribution in [3.8, 4) is 0 Å². The SMILES string of the molecule is C[N+]1(CCC[N+]2(C)C[C@@H]3[C@H](C2)[C@@H]2CCCCC2=C2CCCC[C@@H]23)CCOCC1.